The Bertz CT molecular complexity index is 1040. The number of rotatable bonds is 10. The van der Waals surface area contributed by atoms with Crippen molar-refractivity contribution in [2.75, 3.05) is 0 Å². The van der Waals surface area contributed by atoms with Crippen LogP contribution in [0.1, 0.15) is 116 Å². The van der Waals surface area contributed by atoms with Crippen molar-refractivity contribution in [1.82, 2.24) is 0 Å². The Morgan fingerprint density at radius 3 is 0.775 bits per heavy atom. The molecule has 0 saturated carbocycles. The molecule has 0 fully saturated rings. The van der Waals surface area contributed by atoms with Crippen molar-refractivity contribution in [2.45, 2.75) is 158 Å². The van der Waals surface area contributed by atoms with E-state index in [4.69, 9.17) is 0 Å². The molecule has 224 valence electrons. The summed E-state index contributed by atoms with van der Waals surface area (Å²) >= 11 is 0. The second kappa shape index (κ2) is 13.3. The number of aryl methyl sites for hydroxylation is 6. The summed E-state index contributed by atoms with van der Waals surface area (Å²) in [6, 6.07) is 10.1. The zero-order valence-corrected chi connectivity index (χ0v) is 33.8. The van der Waals surface area contributed by atoms with Crippen LogP contribution in [0, 0.1) is 41.5 Å². The molecular weight excluding hydrogens is 545 g/mol. The first kappa shape index (κ1) is 35.5. The molecular formula is C36H64Si4. The van der Waals surface area contributed by atoms with Gasteiger partial charge < -0.3 is 0 Å². The van der Waals surface area contributed by atoms with Crippen LogP contribution < -0.4 is 10.4 Å². The van der Waals surface area contributed by atoms with Crippen LogP contribution in [0.4, 0.5) is 0 Å². The fraction of sp³-hybridized carbons (Fsp3) is 0.667. The lowest BCUT2D eigenvalue weighted by atomic mass is 10.1. The molecule has 0 aliphatic rings. The highest BCUT2D eigenvalue weighted by Gasteiger charge is 2.59. The zero-order chi connectivity index (χ0) is 31.1. The summed E-state index contributed by atoms with van der Waals surface area (Å²) in [5.41, 5.74) is 13.9. The summed E-state index contributed by atoms with van der Waals surface area (Å²) in [5.74, 6) is 0. The van der Waals surface area contributed by atoms with E-state index in [1.54, 1.807) is 32.6 Å². The Morgan fingerprint density at radius 2 is 0.600 bits per heavy atom. The van der Waals surface area contributed by atoms with Crippen LogP contribution in [0.5, 0.6) is 0 Å². The molecule has 0 N–H and O–H groups in total. The van der Waals surface area contributed by atoms with Crippen LogP contribution in [0.25, 0.3) is 0 Å². The van der Waals surface area contributed by atoms with Crippen LogP contribution in [-0.2, 0) is 0 Å². The molecule has 0 radical (unpaired) electrons. The second-order valence-electron chi connectivity index (χ2n) is 15.1. The molecule has 0 nitrogen and oxygen atoms in total. The molecule has 0 heterocycles. The summed E-state index contributed by atoms with van der Waals surface area (Å²) in [6.07, 6.45) is 0. The molecule has 0 unspecified atom stereocenters. The Morgan fingerprint density at radius 1 is 0.400 bits per heavy atom. The van der Waals surface area contributed by atoms with E-state index in [0.29, 0.717) is 0 Å². The predicted molar refractivity (Wildman–Crippen MR) is 194 cm³/mol. The smallest absolute Gasteiger partial charge is 0.0652 e. The van der Waals surface area contributed by atoms with Gasteiger partial charge >= 0.3 is 0 Å². The molecule has 2 rings (SSSR count). The van der Waals surface area contributed by atoms with Gasteiger partial charge in [-0.1, -0.05) is 152 Å². The van der Waals surface area contributed by atoms with Gasteiger partial charge in [-0.15, -0.1) is 0 Å². The molecule has 0 amide bonds. The van der Waals surface area contributed by atoms with Gasteiger partial charge in [0.05, 0.1) is 23.1 Å². The highest BCUT2D eigenvalue weighted by molar-refractivity contribution is 7.69. The molecule has 0 aliphatic carbocycles. The Labute approximate surface area is 254 Å². The van der Waals surface area contributed by atoms with Gasteiger partial charge in [-0.05, 0) is 81.1 Å². The topological polar surface area (TPSA) is 0 Å². The average molecular weight is 609 g/mol. The average Bonchev–Trinajstić information content (AvgIpc) is 2.75. The fourth-order valence-corrected chi connectivity index (χ4v) is 95.1. The summed E-state index contributed by atoms with van der Waals surface area (Å²) < 4.78 is 0. The lowest BCUT2D eigenvalue weighted by molar-refractivity contribution is 0.833. The van der Waals surface area contributed by atoms with Crippen LogP contribution in [0.15, 0.2) is 24.3 Å². The number of hydrogen-bond donors (Lipinski definition) is 0. The third-order valence-corrected chi connectivity index (χ3v) is 65.7. The van der Waals surface area contributed by atoms with E-state index in [1.165, 1.54) is 11.1 Å². The molecule has 0 bridgehead atoms. The summed E-state index contributed by atoms with van der Waals surface area (Å²) in [7, 11) is -4.69. The number of benzene rings is 2. The zero-order valence-electron chi connectivity index (χ0n) is 29.8. The van der Waals surface area contributed by atoms with Crippen LogP contribution in [0.2, 0.25) is 33.2 Å². The molecule has 2 aromatic rings. The van der Waals surface area contributed by atoms with Gasteiger partial charge in [0.1, 0.15) is 0 Å². The van der Waals surface area contributed by atoms with Gasteiger partial charge in [-0.3, -0.25) is 0 Å². The molecule has 0 atom stereocenters. The minimum atomic E-state index is -1.82. The third kappa shape index (κ3) is 5.90. The van der Waals surface area contributed by atoms with Crippen molar-refractivity contribution in [3.05, 3.63) is 57.6 Å². The third-order valence-electron chi connectivity index (χ3n) is 10.7. The minimum absolute atomic E-state index is 0.793. The lowest BCUT2D eigenvalue weighted by Gasteiger charge is -2.57. The van der Waals surface area contributed by atoms with Crippen molar-refractivity contribution < 1.29 is 0 Å². The van der Waals surface area contributed by atoms with Crippen molar-refractivity contribution in [3.8, 4) is 0 Å². The monoisotopic (exact) mass is 608 g/mol. The molecule has 0 spiro atoms. The molecule has 0 aliphatic heterocycles. The molecule has 0 aromatic heterocycles. The normalized spacial score (nSPS) is 13.1. The van der Waals surface area contributed by atoms with Gasteiger partial charge in [0.25, 0.3) is 0 Å². The van der Waals surface area contributed by atoms with E-state index in [2.05, 4.69) is 149 Å². The first-order valence-electron chi connectivity index (χ1n) is 16.2. The Kier molecular flexibility index (Phi) is 11.8. The quantitative estimate of drug-likeness (QED) is 0.235. The lowest BCUT2D eigenvalue weighted by Crippen LogP contribution is -2.74. The maximum absolute atomic E-state index is 2.67. The van der Waals surface area contributed by atoms with Gasteiger partial charge in [-0.2, -0.15) is 0 Å². The molecule has 0 saturated heterocycles. The summed E-state index contributed by atoms with van der Waals surface area (Å²) in [6.45, 7) is 45.6. The maximum Gasteiger partial charge on any atom is 0.0652 e. The van der Waals surface area contributed by atoms with Crippen molar-refractivity contribution in [1.29, 1.82) is 0 Å². The predicted octanol–water partition coefficient (Wildman–Crippen LogP) is 10.2. The maximum atomic E-state index is 2.67. The van der Waals surface area contributed by atoms with E-state index in [1.807, 2.05) is 0 Å². The van der Waals surface area contributed by atoms with Crippen molar-refractivity contribution in [2.24, 2.45) is 0 Å². The van der Waals surface area contributed by atoms with Gasteiger partial charge in [-0.25, -0.2) is 0 Å². The Balaban J connectivity index is 3.69. The molecule has 40 heavy (non-hydrogen) atoms. The Hall–Kier alpha value is -0.692. The van der Waals surface area contributed by atoms with Crippen molar-refractivity contribution in [3.63, 3.8) is 0 Å². The van der Waals surface area contributed by atoms with E-state index >= 15 is 0 Å². The van der Waals surface area contributed by atoms with Gasteiger partial charge in [0.15, 0.2) is 0 Å². The second-order valence-corrected chi connectivity index (χ2v) is 43.9. The summed E-state index contributed by atoms with van der Waals surface area (Å²) in [4.78, 5) is 0. The highest BCUT2D eigenvalue weighted by atomic mass is 29.8. The minimum Gasteiger partial charge on any atom is -0.0652 e. The number of hydrogen-bond acceptors (Lipinski definition) is 0. The van der Waals surface area contributed by atoms with E-state index < -0.39 is 30.0 Å². The van der Waals surface area contributed by atoms with Crippen LogP contribution in [-0.4, -0.2) is 30.0 Å². The largest absolute Gasteiger partial charge is 0.0652 e. The van der Waals surface area contributed by atoms with Crippen LogP contribution in [0.3, 0.4) is 0 Å². The van der Waals surface area contributed by atoms with Crippen LogP contribution >= 0.6 is 0 Å². The first-order valence-corrected chi connectivity index (χ1v) is 26.7. The van der Waals surface area contributed by atoms with Gasteiger partial charge in [0, 0.05) is 0 Å². The van der Waals surface area contributed by atoms with Crippen molar-refractivity contribution >= 4 is 40.4 Å². The standard InChI is InChI=1S/C36H64Si4/c1-23(2)39(24(3)4,25(5)6)38(40(26(7)8,27(9)10)28(11)12)37(35-31(15)19-29(13)20-32(35)16)36-33(17)21-30(14)22-34(36)18/h19-28H,1-18H3. The fourth-order valence-electron chi connectivity index (χ4n) is 10.1. The SMILES string of the molecule is Cc1cc(C)c([Si](c2c(C)cc(C)cc2C)=[Si]([Si](C(C)C)(C(C)C)C(C)C)[Si](C(C)C)(C(C)C)C(C)C)c(C)c1. The van der Waals surface area contributed by atoms with E-state index in [-0.39, 0.29) is 0 Å². The summed E-state index contributed by atoms with van der Waals surface area (Å²) in [5, 5.41) is 3.61. The highest BCUT2D eigenvalue weighted by Crippen LogP contribution is 2.51. The first-order chi connectivity index (χ1) is 18.3. The molecule has 2 aromatic carbocycles. The van der Waals surface area contributed by atoms with E-state index in [0.717, 1.165) is 33.2 Å². The van der Waals surface area contributed by atoms with Gasteiger partial charge in [0.2, 0.25) is 0 Å². The molecule has 4 heteroatoms. The van der Waals surface area contributed by atoms with E-state index in [9.17, 15) is 0 Å².